The predicted molar refractivity (Wildman–Crippen MR) is 105 cm³/mol. The molecule has 140 valence electrons. The molecule has 0 N–H and O–H groups in total. The number of rotatable bonds is 3. The Kier molecular flexibility index (Phi) is 4.02. The molecule has 1 saturated heterocycles. The largest absolute Gasteiger partial charge is 0.306 e. The van der Waals surface area contributed by atoms with Gasteiger partial charge in [0.2, 0.25) is 5.91 Å². The molecule has 1 fully saturated rings. The third kappa shape index (κ3) is 2.80. The Morgan fingerprint density at radius 3 is 2.52 bits per heavy atom. The van der Waals surface area contributed by atoms with Crippen molar-refractivity contribution in [1.29, 1.82) is 0 Å². The SMILES string of the molecule is Cc1ncc(N2C(=O)C(C)(C)C3CC=C(n4cnc(C(C)C)c4)C=C32)cn1. The first-order valence-corrected chi connectivity index (χ1v) is 9.38. The van der Waals surface area contributed by atoms with Crippen LogP contribution in [-0.4, -0.2) is 25.4 Å². The highest BCUT2D eigenvalue weighted by molar-refractivity contribution is 6.04. The van der Waals surface area contributed by atoms with E-state index in [1.807, 2.05) is 31.7 Å². The van der Waals surface area contributed by atoms with Crippen molar-refractivity contribution in [3.05, 3.63) is 54.3 Å². The quantitative estimate of drug-likeness (QED) is 0.829. The van der Waals surface area contributed by atoms with Crippen molar-refractivity contribution in [2.45, 2.75) is 47.0 Å². The minimum absolute atomic E-state index is 0.0920. The Hall–Kier alpha value is -2.76. The van der Waals surface area contributed by atoms with Crippen molar-refractivity contribution in [3.63, 3.8) is 0 Å². The molecular weight excluding hydrogens is 338 g/mol. The van der Waals surface area contributed by atoms with E-state index in [1.54, 1.807) is 17.3 Å². The van der Waals surface area contributed by atoms with Gasteiger partial charge in [-0.1, -0.05) is 33.8 Å². The van der Waals surface area contributed by atoms with Gasteiger partial charge in [0.1, 0.15) is 5.82 Å². The van der Waals surface area contributed by atoms with E-state index in [0.29, 0.717) is 11.7 Å². The summed E-state index contributed by atoms with van der Waals surface area (Å²) < 4.78 is 2.04. The lowest BCUT2D eigenvalue weighted by Gasteiger charge is -2.26. The maximum absolute atomic E-state index is 13.2. The van der Waals surface area contributed by atoms with Crippen molar-refractivity contribution in [2.24, 2.45) is 11.3 Å². The van der Waals surface area contributed by atoms with Crippen LogP contribution in [0.25, 0.3) is 5.70 Å². The Morgan fingerprint density at radius 1 is 1.19 bits per heavy atom. The molecule has 2 aromatic rings. The molecule has 0 spiro atoms. The fraction of sp³-hybridized carbons (Fsp3) is 0.429. The van der Waals surface area contributed by atoms with E-state index in [-0.39, 0.29) is 11.8 Å². The number of aryl methyl sites for hydroxylation is 1. The summed E-state index contributed by atoms with van der Waals surface area (Å²) in [7, 11) is 0. The molecule has 0 bridgehead atoms. The summed E-state index contributed by atoms with van der Waals surface area (Å²) in [6.45, 7) is 10.2. The molecule has 1 unspecified atom stereocenters. The number of anilines is 1. The summed E-state index contributed by atoms with van der Waals surface area (Å²) in [6, 6.07) is 0. The first kappa shape index (κ1) is 17.6. The fourth-order valence-electron chi connectivity index (χ4n) is 3.83. The number of nitrogens with zero attached hydrogens (tertiary/aromatic N) is 5. The average Bonchev–Trinajstić information content (AvgIpc) is 3.20. The normalized spacial score (nSPS) is 21.3. The van der Waals surface area contributed by atoms with Gasteiger partial charge in [0, 0.05) is 23.5 Å². The second kappa shape index (κ2) is 6.15. The minimum atomic E-state index is -0.462. The molecule has 1 aliphatic heterocycles. The highest BCUT2D eigenvalue weighted by Crippen LogP contribution is 2.49. The number of aromatic nitrogens is 4. The van der Waals surface area contributed by atoms with Crippen molar-refractivity contribution in [1.82, 2.24) is 19.5 Å². The number of allylic oxidation sites excluding steroid dienone is 4. The molecule has 0 radical (unpaired) electrons. The van der Waals surface area contributed by atoms with Gasteiger partial charge in [-0.3, -0.25) is 9.69 Å². The third-order valence-electron chi connectivity index (χ3n) is 5.62. The number of carbonyl (C=O) groups is 1. The molecule has 1 atom stereocenters. The molecule has 4 rings (SSSR count). The van der Waals surface area contributed by atoms with Gasteiger partial charge in [-0.2, -0.15) is 0 Å². The van der Waals surface area contributed by atoms with E-state index in [2.05, 4.69) is 47.1 Å². The smallest absolute Gasteiger partial charge is 0.237 e. The molecule has 0 aromatic carbocycles. The van der Waals surface area contributed by atoms with Gasteiger partial charge in [-0.15, -0.1) is 0 Å². The highest BCUT2D eigenvalue weighted by Gasteiger charge is 2.51. The number of imidazole rings is 1. The summed E-state index contributed by atoms with van der Waals surface area (Å²) in [5.41, 5.74) is 3.38. The lowest BCUT2D eigenvalue weighted by atomic mass is 9.76. The van der Waals surface area contributed by atoms with Crippen LogP contribution in [0.15, 0.2) is 42.8 Å². The molecule has 1 amide bonds. The number of hydrogen-bond acceptors (Lipinski definition) is 4. The van der Waals surface area contributed by atoms with Gasteiger partial charge >= 0.3 is 0 Å². The van der Waals surface area contributed by atoms with Gasteiger partial charge in [0.15, 0.2) is 0 Å². The van der Waals surface area contributed by atoms with Crippen LogP contribution in [0.3, 0.4) is 0 Å². The number of amides is 1. The van der Waals surface area contributed by atoms with Crippen LogP contribution in [0.5, 0.6) is 0 Å². The van der Waals surface area contributed by atoms with Crippen LogP contribution >= 0.6 is 0 Å². The maximum atomic E-state index is 13.2. The zero-order valence-electron chi connectivity index (χ0n) is 16.5. The van der Waals surface area contributed by atoms with Crippen molar-refractivity contribution >= 4 is 17.3 Å². The molecule has 2 aromatic heterocycles. The molecule has 6 heteroatoms. The molecule has 6 nitrogen and oxygen atoms in total. The minimum Gasteiger partial charge on any atom is -0.306 e. The highest BCUT2D eigenvalue weighted by atomic mass is 16.2. The van der Waals surface area contributed by atoms with E-state index in [1.165, 1.54) is 0 Å². The Bertz CT molecular complexity index is 949. The van der Waals surface area contributed by atoms with Gasteiger partial charge in [-0.25, -0.2) is 15.0 Å². The van der Waals surface area contributed by atoms with Gasteiger partial charge < -0.3 is 4.57 Å². The Balaban J connectivity index is 1.76. The zero-order chi connectivity index (χ0) is 19.3. The van der Waals surface area contributed by atoms with Crippen LogP contribution in [0.4, 0.5) is 5.69 Å². The second-order valence-electron chi connectivity index (χ2n) is 8.20. The van der Waals surface area contributed by atoms with Crippen LogP contribution in [0, 0.1) is 18.3 Å². The Morgan fingerprint density at radius 2 is 1.89 bits per heavy atom. The summed E-state index contributed by atoms with van der Waals surface area (Å²) in [4.78, 5) is 28.1. The molecule has 3 heterocycles. The molecular formula is C21H25N5O. The summed E-state index contributed by atoms with van der Waals surface area (Å²) >= 11 is 0. The average molecular weight is 363 g/mol. The van der Waals surface area contributed by atoms with Gasteiger partial charge in [-0.05, 0) is 25.3 Å². The summed E-state index contributed by atoms with van der Waals surface area (Å²) in [5.74, 6) is 1.31. The number of hydrogen-bond donors (Lipinski definition) is 0. The predicted octanol–water partition coefficient (Wildman–Crippen LogP) is 3.92. The number of carbonyl (C=O) groups excluding carboxylic acids is 1. The summed E-state index contributed by atoms with van der Waals surface area (Å²) in [6.07, 6.45) is 12.5. The van der Waals surface area contributed by atoms with E-state index >= 15 is 0 Å². The third-order valence-corrected chi connectivity index (χ3v) is 5.62. The van der Waals surface area contributed by atoms with Crippen molar-refractivity contribution in [2.75, 3.05) is 4.90 Å². The van der Waals surface area contributed by atoms with Crippen LogP contribution in [-0.2, 0) is 4.79 Å². The lowest BCUT2D eigenvalue weighted by Crippen LogP contribution is -2.31. The van der Waals surface area contributed by atoms with Gasteiger partial charge in [0.25, 0.3) is 0 Å². The van der Waals surface area contributed by atoms with E-state index in [9.17, 15) is 4.79 Å². The lowest BCUT2D eigenvalue weighted by molar-refractivity contribution is -0.125. The van der Waals surface area contributed by atoms with Crippen LogP contribution in [0.2, 0.25) is 0 Å². The monoisotopic (exact) mass is 363 g/mol. The number of fused-ring (bicyclic) bond motifs is 1. The van der Waals surface area contributed by atoms with E-state index in [4.69, 9.17) is 0 Å². The maximum Gasteiger partial charge on any atom is 0.237 e. The van der Waals surface area contributed by atoms with Crippen LogP contribution < -0.4 is 4.90 Å². The van der Waals surface area contributed by atoms with Crippen molar-refractivity contribution in [3.8, 4) is 0 Å². The van der Waals surface area contributed by atoms with Crippen molar-refractivity contribution < 1.29 is 4.79 Å². The first-order valence-electron chi connectivity index (χ1n) is 9.38. The Labute approximate surface area is 159 Å². The first-order chi connectivity index (χ1) is 12.8. The molecule has 2 aliphatic rings. The molecule has 27 heavy (non-hydrogen) atoms. The topological polar surface area (TPSA) is 63.9 Å². The summed E-state index contributed by atoms with van der Waals surface area (Å²) in [5, 5.41) is 0. The molecule has 0 saturated carbocycles. The van der Waals surface area contributed by atoms with E-state index in [0.717, 1.165) is 29.2 Å². The zero-order valence-corrected chi connectivity index (χ0v) is 16.5. The fourth-order valence-corrected chi connectivity index (χ4v) is 3.83. The van der Waals surface area contributed by atoms with Gasteiger partial charge in [0.05, 0.1) is 35.5 Å². The van der Waals surface area contributed by atoms with E-state index < -0.39 is 5.41 Å². The second-order valence-corrected chi connectivity index (χ2v) is 8.20. The van der Waals surface area contributed by atoms with Crippen LogP contribution in [0.1, 0.15) is 51.6 Å². The molecule has 1 aliphatic carbocycles. The standard InChI is InChI=1S/C21H25N5O/c1-13(2)18-11-25(12-24-18)15-6-7-17-19(8-15)26(20(27)21(17,4)5)16-9-22-14(3)23-10-16/h6,8-13,17H,7H2,1-5H3.